The topological polar surface area (TPSA) is 69.4 Å². The van der Waals surface area contributed by atoms with E-state index in [1.807, 2.05) is 18.2 Å². The number of hydrogen-bond acceptors (Lipinski definition) is 5. The molecule has 6 heteroatoms. The fourth-order valence-electron chi connectivity index (χ4n) is 4.22. The highest BCUT2D eigenvalue weighted by molar-refractivity contribution is 6.15. The predicted octanol–water partition coefficient (Wildman–Crippen LogP) is 2.55. The second-order valence-electron chi connectivity index (χ2n) is 8.10. The second kappa shape index (κ2) is 7.12. The Morgan fingerprint density at radius 2 is 1.93 bits per heavy atom. The molecule has 5 rings (SSSR count). The van der Waals surface area contributed by atoms with Crippen molar-refractivity contribution in [2.75, 3.05) is 19.9 Å². The van der Waals surface area contributed by atoms with Crippen LogP contribution in [0.3, 0.4) is 0 Å². The van der Waals surface area contributed by atoms with E-state index in [-0.39, 0.29) is 24.1 Å². The van der Waals surface area contributed by atoms with Crippen molar-refractivity contribution < 1.29 is 29.0 Å². The first-order valence-electron chi connectivity index (χ1n) is 10.1. The number of phenolic OH excluding ortho intramolecular Hbond substituents is 1. The first-order chi connectivity index (χ1) is 14.1. The highest BCUT2D eigenvalue weighted by Crippen LogP contribution is 2.40. The van der Waals surface area contributed by atoms with Crippen LogP contribution in [-0.2, 0) is 6.54 Å². The van der Waals surface area contributed by atoms with Crippen LogP contribution in [0.25, 0.3) is 6.08 Å². The van der Waals surface area contributed by atoms with Crippen LogP contribution in [0.15, 0.2) is 36.1 Å². The highest BCUT2D eigenvalue weighted by Gasteiger charge is 2.33. The van der Waals surface area contributed by atoms with Crippen molar-refractivity contribution in [1.82, 2.24) is 0 Å². The van der Waals surface area contributed by atoms with Gasteiger partial charge in [0.1, 0.15) is 12.3 Å². The molecule has 0 saturated carbocycles. The van der Waals surface area contributed by atoms with Crippen molar-refractivity contribution in [3.05, 3.63) is 52.8 Å². The molecule has 1 fully saturated rings. The van der Waals surface area contributed by atoms with Gasteiger partial charge in [-0.15, -0.1) is 0 Å². The van der Waals surface area contributed by atoms with Gasteiger partial charge in [0, 0.05) is 0 Å². The fourth-order valence-corrected chi connectivity index (χ4v) is 4.22. The number of carbonyl (C=O) groups is 1. The number of quaternary nitrogens is 1. The number of aromatic hydroxyl groups is 1. The summed E-state index contributed by atoms with van der Waals surface area (Å²) in [5, 5.41) is 10.5. The SMILES string of the molecule is CC1CC[NH+](Cc2c(O)ccc3c2OC(=Cc2ccc4c(c2)OCO4)C3=O)CC1. The highest BCUT2D eigenvalue weighted by atomic mass is 16.7. The maximum atomic E-state index is 12.9. The predicted molar refractivity (Wildman–Crippen MR) is 106 cm³/mol. The van der Waals surface area contributed by atoms with Crippen LogP contribution in [0, 0.1) is 5.92 Å². The molecule has 2 aromatic carbocycles. The number of carbonyl (C=O) groups excluding carboxylic acids is 1. The zero-order chi connectivity index (χ0) is 20.0. The Labute approximate surface area is 169 Å². The van der Waals surface area contributed by atoms with Crippen molar-refractivity contribution in [2.45, 2.75) is 26.3 Å². The van der Waals surface area contributed by atoms with E-state index < -0.39 is 0 Å². The lowest BCUT2D eigenvalue weighted by Gasteiger charge is -2.27. The minimum Gasteiger partial charge on any atom is -0.507 e. The third kappa shape index (κ3) is 3.34. The maximum Gasteiger partial charge on any atom is 0.231 e. The second-order valence-corrected chi connectivity index (χ2v) is 8.10. The number of phenols is 1. The maximum absolute atomic E-state index is 12.9. The number of Topliss-reactive ketones (excluding diaryl/α,β-unsaturated/α-hetero) is 1. The van der Waals surface area contributed by atoms with Gasteiger partial charge in [-0.2, -0.15) is 0 Å². The molecule has 0 amide bonds. The average molecular weight is 394 g/mol. The first kappa shape index (κ1) is 18.1. The number of fused-ring (bicyclic) bond motifs is 2. The van der Waals surface area contributed by atoms with Gasteiger partial charge < -0.3 is 24.2 Å². The number of likely N-dealkylation sites (tertiary alicyclic amines) is 1. The zero-order valence-corrected chi connectivity index (χ0v) is 16.4. The number of benzene rings is 2. The van der Waals surface area contributed by atoms with E-state index in [0.717, 1.165) is 30.1 Å². The standard InChI is InChI=1S/C23H23NO5/c1-14-6-8-24(9-7-14)12-17-18(25)4-3-16-22(26)21(29-23(16)17)11-15-2-5-19-20(10-15)28-13-27-19/h2-5,10-11,14,25H,6-9,12-13H2,1H3/p+1. The van der Waals surface area contributed by atoms with E-state index in [4.69, 9.17) is 14.2 Å². The number of ether oxygens (including phenoxy) is 3. The van der Waals surface area contributed by atoms with Crippen molar-refractivity contribution in [1.29, 1.82) is 0 Å². The van der Waals surface area contributed by atoms with Crippen molar-refractivity contribution >= 4 is 11.9 Å². The molecule has 0 aliphatic carbocycles. The summed E-state index contributed by atoms with van der Waals surface area (Å²) in [6, 6.07) is 8.75. The van der Waals surface area contributed by atoms with E-state index in [0.29, 0.717) is 29.4 Å². The third-order valence-electron chi connectivity index (χ3n) is 6.02. The molecule has 0 spiro atoms. The molecule has 0 aromatic heterocycles. The molecule has 3 aliphatic rings. The molecular weight excluding hydrogens is 370 g/mol. The van der Waals surface area contributed by atoms with Crippen LogP contribution in [0.2, 0.25) is 0 Å². The number of ketones is 1. The Kier molecular flexibility index (Phi) is 4.43. The minimum atomic E-state index is -0.166. The van der Waals surface area contributed by atoms with Crippen LogP contribution >= 0.6 is 0 Å². The van der Waals surface area contributed by atoms with E-state index in [9.17, 15) is 9.90 Å². The molecule has 2 N–H and O–H groups in total. The molecule has 1 saturated heterocycles. The van der Waals surface area contributed by atoms with Gasteiger partial charge in [-0.25, -0.2) is 0 Å². The molecule has 3 aliphatic heterocycles. The number of nitrogens with one attached hydrogen (secondary N) is 1. The van der Waals surface area contributed by atoms with Gasteiger partial charge in [-0.05, 0) is 54.7 Å². The Balaban J connectivity index is 1.43. The first-order valence-corrected chi connectivity index (χ1v) is 10.1. The summed E-state index contributed by atoms with van der Waals surface area (Å²) < 4.78 is 16.7. The van der Waals surface area contributed by atoms with Gasteiger partial charge in [0.05, 0.1) is 24.2 Å². The minimum absolute atomic E-state index is 0.166. The molecule has 6 nitrogen and oxygen atoms in total. The van der Waals surface area contributed by atoms with Gasteiger partial charge >= 0.3 is 0 Å². The van der Waals surface area contributed by atoms with Crippen LogP contribution in [0.1, 0.15) is 41.3 Å². The van der Waals surface area contributed by atoms with Gasteiger partial charge in [0.25, 0.3) is 0 Å². The summed E-state index contributed by atoms with van der Waals surface area (Å²) in [7, 11) is 0. The number of rotatable bonds is 3. The van der Waals surface area contributed by atoms with Gasteiger partial charge in [0.15, 0.2) is 23.0 Å². The number of piperidine rings is 1. The lowest BCUT2D eigenvalue weighted by Crippen LogP contribution is -3.11. The van der Waals surface area contributed by atoms with Gasteiger partial charge in [-0.3, -0.25) is 4.79 Å². The van der Waals surface area contributed by atoms with Crippen molar-refractivity contribution in [3.63, 3.8) is 0 Å². The molecule has 0 radical (unpaired) electrons. The molecular formula is C23H24NO5+. The van der Waals surface area contributed by atoms with Gasteiger partial charge in [-0.1, -0.05) is 13.0 Å². The molecule has 2 aromatic rings. The average Bonchev–Trinajstić information content (AvgIpc) is 3.30. The summed E-state index contributed by atoms with van der Waals surface area (Å²) in [6.07, 6.45) is 4.07. The smallest absolute Gasteiger partial charge is 0.231 e. The Bertz CT molecular complexity index is 1000. The van der Waals surface area contributed by atoms with Crippen LogP contribution < -0.4 is 19.1 Å². The summed E-state index contributed by atoms with van der Waals surface area (Å²) in [5.74, 6) is 2.88. The Hall–Kier alpha value is -2.99. The summed E-state index contributed by atoms with van der Waals surface area (Å²) in [5.41, 5.74) is 2.02. The van der Waals surface area contributed by atoms with Gasteiger partial charge in [0.2, 0.25) is 12.6 Å². The molecule has 29 heavy (non-hydrogen) atoms. The lowest BCUT2D eigenvalue weighted by atomic mass is 9.98. The molecule has 0 unspecified atom stereocenters. The largest absolute Gasteiger partial charge is 0.507 e. The van der Waals surface area contributed by atoms with Crippen LogP contribution in [-0.4, -0.2) is 30.8 Å². The molecule has 0 atom stereocenters. The summed E-state index contributed by atoms with van der Waals surface area (Å²) in [4.78, 5) is 14.3. The third-order valence-corrected chi connectivity index (χ3v) is 6.02. The molecule has 0 bridgehead atoms. The Morgan fingerprint density at radius 3 is 2.76 bits per heavy atom. The van der Waals surface area contributed by atoms with E-state index in [1.165, 1.54) is 17.7 Å². The van der Waals surface area contributed by atoms with E-state index in [1.54, 1.807) is 18.2 Å². The molecule has 150 valence electrons. The normalized spacial score (nSPS) is 23.9. The van der Waals surface area contributed by atoms with Crippen LogP contribution in [0.5, 0.6) is 23.0 Å². The van der Waals surface area contributed by atoms with E-state index in [2.05, 4.69) is 6.92 Å². The monoisotopic (exact) mass is 394 g/mol. The molecule has 3 heterocycles. The fraction of sp³-hybridized carbons (Fsp3) is 0.348. The van der Waals surface area contributed by atoms with Crippen molar-refractivity contribution in [2.24, 2.45) is 5.92 Å². The van der Waals surface area contributed by atoms with Crippen LogP contribution in [0.4, 0.5) is 0 Å². The quantitative estimate of drug-likeness (QED) is 0.783. The van der Waals surface area contributed by atoms with Crippen molar-refractivity contribution in [3.8, 4) is 23.0 Å². The summed E-state index contributed by atoms with van der Waals surface area (Å²) in [6.45, 7) is 5.28. The number of allylic oxidation sites excluding steroid dienone is 1. The Morgan fingerprint density at radius 1 is 1.14 bits per heavy atom. The zero-order valence-electron chi connectivity index (χ0n) is 16.4. The lowest BCUT2D eigenvalue weighted by molar-refractivity contribution is -0.919. The van der Waals surface area contributed by atoms with E-state index >= 15 is 0 Å². The summed E-state index contributed by atoms with van der Waals surface area (Å²) >= 11 is 0. The number of hydrogen-bond donors (Lipinski definition) is 2.